The fourth-order valence-corrected chi connectivity index (χ4v) is 2.63. The van der Waals surface area contributed by atoms with Gasteiger partial charge in [-0.05, 0) is 48.0 Å². The summed E-state index contributed by atoms with van der Waals surface area (Å²) >= 11 is 3.21. The van der Waals surface area contributed by atoms with Gasteiger partial charge < -0.3 is 9.47 Å². The minimum absolute atomic E-state index is 0.121. The molecule has 3 rings (SSSR count). The SMILES string of the molecule is CC1(C)N=C(Oc2ncc([N+](=O)[O-])cc2Br)c2cc(C#N)ccc2O1. The molecular weight excluding hydrogens is 392 g/mol. The standard InChI is InChI=1S/C16H11BrN4O4/c1-16(2)20-14(11-5-9(7-18)3-4-13(11)25-16)24-15-12(17)6-10(8-19-15)21(22)23/h3-6,8H,1-2H3. The molecule has 0 bridgehead atoms. The van der Waals surface area contributed by atoms with Crippen molar-refractivity contribution in [1.29, 1.82) is 5.26 Å². The minimum Gasteiger partial charge on any atom is -0.466 e. The van der Waals surface area contributed by atoms with Crippen molar-refractivity contribution in [2.75, 3.05) is 0 Å². The van der Waals surface area contributed by atoms with Gasteiger partial charge in [-0.2, -0.15) is 5.26 Å². The van der Waals surface area contributed by atoms with Crippen LogP contribution in [0.3, 0.4) is 0 Å². The van der Waals surface area contributed by atoms with Gasteiger partial charge in [-0.15, -0.1) is 0 Å². The van der Waals surface area contributed by atoms with Crippen molar-refractivity contribution in [3.63, 3.8) is 0 Å². The summed E-state index contributed by atoms with van der Waals surface area (Å²) in [6.45, 7) is 3.52. The Balaban J connectivity index is 2.03. The molecule has 126 valence electrons. The van der Waals surface area contributed by atoms with Crippen LogP contribution in [-0.4, -0.2) is 21.5 Å². The molecule has 1 aromatic heterocycles. The molecule has 0 fully saturated rings. The fourth-order valence-electron chi connectivity index (χ4n) is 2.21. The summed E-state index contributed by atoms with van der Waals surface area (Å²) in [6.07, 6.45) is 1.09. The zero-order valence-corrected chi connectivity index (χ0v) is 14.8. The third kappa shape index (κ3) is 3.44. The molecule has 1 aromatic carbocycles. The Morgan fingerprint density at radius 3 is 2.80 bits per heavy atom. The second-order valence-corrected chi connectivity index (χ2v) is 6.48. The molecule has 0 unspecified atom stereocenters. The second kappa shape index (κ2) is 6.14. The Bertz CT molecular complexity index is 950. The summed E-state index contributed by atoms with van der Waals surface area (Å²) in [7, 11) is 0. The maximum Gasteiger partial charge on any atom is 0.288 e. The molecule has 2 aromatic rings. The number of aliphatic imine (C=N–C) groups is 1. The summed E-state index contributed by atoms with van der Waals surface area (Å²) in [6, 6.07) is 8.25. The van der Waals surface area contributed by atoms with E-state index < -0.39 is 10.6 Å². The van der Waals surface area contributed by atoms with Crippen molar-refractivity contribution >= 4 is 27.5 Å². The monoisotopic (exact) mass is 402 g/mol. The van der Waals surface area contributed by atoms with Gasteiger partial charge >= 0.3 is 0 Å². The lowest BCUT2D eigenvalue weighted by molar-refractivity contribution is -0.385. The van der Waals surface area contributed by atoms with Crippen LogP contribution in [0.2, 0.25) is 0 Å². The highest BCUT2D eigenvalue weighted by molar-refractivity contribution is 9.10. The lowest BCUT2D eigenvalue weighted by Gasteiger charge is -2.29. The van der Waals surface area contributed by atoms with E-state index in [1.165, 1.54) is 6.07 Å². The number of nitro groups is 1. The van der Waals surface area contributed by atoms with Gasteiger partial charge in [-0.1, -0.05) is 0 Å². The van der Waals surface area contributed by atoms with Crippen LogP contribution in [0.1, 0.15) is 25.0 Å². The van der Waals surface area contributed by atoms with Gasteiger partial charge in [-0.3, -0.25) is 10.1 Å². The summed E-state index contributed by atoms with van der Waals surface area (Å²) in [4.78, 5) is 18.6. The van der Waals surface area contributed by atoms with E-state index in [9.17, 15) is 10.1 Å². The molecule has 1 aliphatic heterocycles. The van der Waals surface area contributed by atoms with Crippen LogP contribution < -0.4 is 9.47 Å². The molecule has 2 heterocycles. The first-order valence-corrected chi connectivity index (χ1v) is 7.89. The molecule has 9 heteroatoms. The van der Waals surface area contributed by atoms with Crippen molar-refractivity contribution < 1.29 is 14.4 Å². The molecule has 0 atom stereocenters. The molecular formula is C16H11BrN4O4. The maximum absolute atomic E-state index is 10.8. The zero-order valence-electron chi connectivity index (χ0n) is 13.2. The normalized spacial score (nSPS) is 14.6. The van der Waals surface area contributed by atoms with Crippen molar-refractivity contribution in [1.82, 2.24) is 4.98 Å². The summed E-state index contributed by atoms with van der Waals surface area (Å²) in [5.74, 6) is 0.854. The van der Waals surface area contributed by atoms with Crippen LogP contribution in [0.15, 0.2) is 39.9 Å². The molecule has 25 heavy (non-hydrogen) atoms. The summed E-state index contributed by atoms with van der Waals surface area (Å²) < 4.78 is 11.8. The van der Waals surface area contributed by atoms with Crippen LogP contribution in [0.5, 0.6) is 11.6 Å². The third-order valence-corrected chi connectivity index (χ3v) is 3.83. The minimum atomic E-state index is -0.871. The molecule has 0 spiro atoms. The van der Waals surface area contributed by atoms with E-state index in [2.05, 4.69) is 25.9 Å². The van der Waals surface area contributed by atoms with E-state index in [0.29, 0.717) is 21.3 Å². The number of fused-ring (bicyclic) bond motifs is 1. The van der Waals surface area contributed by atoms with Crippen LogP contribution in [0.4, 0.5) is 5.69 Å². The van der Waals surface area contributed by atoms with E-state index in [1.54, 1.807) is 32.0 Å². The van der Waals surface area contributed by atoms with Crippen molar-refractivity contribution in [3.05, 3.63) is 56.2 Å². The predicted molar refractivity (Wildman–Crippen MR) is 91.6 cm³/mol. The van der Waals surface area contributed by atoms with Gasteiger partial charge in [0.15, 0.2) is 5.72 Å². The number of pyridine rings is 1. The first-order valence-electron chi connectivity index (χ1n) is 7.10. The number of aromatic nitrogens is 1. The van der Waals surface area contributed by atoms with E-state index >= 15 is 0 Å². The second-order valence-electron chi connectivity index (χ2n) is 5.63. The van der Waals surface area contributed by atoms with Gasteiger partial charge in [0, 0.05) is 6.07 Å². The quantitative estimate of drug-likeness (QED) is 0.560. The van der Waals surface area contributed by atoms with Crippen molar-refractivity contribution in [2.45, 2.75) is 19.6 Å². The number of halogens is 1. The highest BCUT2D eigenvalue weighted by Crippen LogP contribution is 2.33. The molecule has 8 nitrogen and oxygen atoms in total. The lowest BCUT2D eigenvalue weighted by Crippen LogP contribution is -2.34. The number of benzene rings is 1. The molecule has 1 aliphatic rings. The van der Waals surface area contributed by atoms with Gasteiger partial charge in [0.1, 0.15) is 11.9 Å². The van der Waals surface area contributed by atoms with Gasteiger partial charge in [0.05, 0.1) is 26.6 Å². The highest BCUT2D eigenvalue weighted by Gasteiger charge is 2.30. The van der Waals surface area contributed by atoms with E-state index in [0.717, 1.165) is 6.20 Å². The van der Waals surface area contributed by atoms with Crippen LogP contribution in [0.25, 0.3) is 0 Å². The number of nitriles is 1. The van der Waals surface area contributed by atoms with Crippen LogP contribution in [-0.2, 0) is 0 Å². The van der Waals surface area contributed by atoms with Crippen LogP contribution >= 0.6 is 15.9 Å². The highest BCUT2D eigenvalue weighted by atomic mass is 79.9. The molecule has 0 amide bonds. The smallest absolute Gasteiger partial charge is 0.288 e. The Kier molecular flexibility index (Phi) is 4.14. The Morgan fingerprint density at radius 1 is 1.40 bits per heavy atom. The molecule has 0 saturated heterocycles. The number of hydrogen-bond donors (Lipinski definition) is 0. The van der Waals surface area contributed by atoms with E-state index in [4.69, 9.17) is 14.7 Å². The molecule has 0 radical (unpaired) electrons. The Morgan fingerprint density at radius 2 is 2.16 bits per heavy atom. The fraction of sp³-hybridized carbons (Fsp3) is 0.188. The largest absolute Gasteiger partial charge is 0.466 e. The molecule has 0 aliphatic carbocycles. The van der Waals surface area contributed by atoms with E-state index in [-0.39, 0.29) is 17.5 Å². The number of ether oxygens (including phenoxy) is 2. The van der Waals surface area contributed by atoms with E-state index in [1.807, 2.05) is 6.07 Å². The van der Waals surface area contributed by atoms with Crippen LogP contribution in [0, 0.1) is 21.4 Å². The summed E-state index contributed by atoms with van der Waals surface area (Å²) in [5, 5.41) is 19.9. The number of hydrogen-bond acceptors (Lipinski definition) is 7. The Labute approximate surface area is 151 Å². The van der Waals surface area contributed by atoms with Crippen molar-refractivity contribution in [3.8, 4) is 17.7 Å². The average Bonchev–Trinajstić information content (AvgIpc) is 2.55. The molecule has 0 saturated carbocycles. The Hall–Kier alpha value is -2.99. The van der Waals surface area contributed by atoms with Gasteiger partial charge in [0.2, 0.25) is 11.8 Å². The first-order chi connectivity index (χ1) is 11.8. The predicted octanol–water partition coefficient (Wildman–Crippen LogP) is 3.58. The van der Waals surface area contributed by atoms with Gasteiger partial charge in [0.25, 0.3) is 5.69 Å². The van der Waals surface area contributed by atoms with Crippen molar-refractivity contribution in [2.24, 2.45) is 4.99 Å². The molecule has 0 N–H and O–H groups in total. The zero-order chi connectivity index (χ0) is 18.2. The maximum atomic E-state index is 10.8. The average molecular weight is 403 g/mol. The lowest BCUT2D eigenvalue weighted by atomic mass is 10.1. The first kappa shape index (κ1) is 16.9. The van der Waals surface area contributed by atoms with Gasteiger partial charge in [-0.25, -0.2) is 9.98 Å². The number of nitrogens with zero attached hydrogens (tertiary/aromatic N) is 4. The summed E-state index contributed by atoms with van der Waals surface area (Å²) in [5.41, 5.74) is -0.107. The third-order valence-electron chi connectivity index (χ3n) is 3.27. The topological polar surface area (TPSA) is 111 Å². The number of rotatable bonds is 2.